The van der Waals surface area contributed by atoms with Gasteiger partial charge in [0.15, 0.2) is 0 Å². The minimum absolute atomic E-state index is 0.125. The summed E-state index contributed by atoms with van der Waals surface area (Å²) in [6.07, 6.45) is 0. The van der Waals surface area contributed by atoms with Crippen molar-refractivity contribution in [2.24, 2.45) is 0 Å². The van der Waals surface area contributed by atoms with E-state index in [1.54, 1.807) is 30.1 Å². The van der Waals surface area contributed by atoms with E-state index in [0.717, 1.165) is 5.69 Å². The molecule has 0 aromatic carbocycles. The number of hydrogen-bond acceptors (Lipinski definition) is 4. The second kappa shape index (κ2) is 4.44. The third-order valence-electron chi connectivity index (χ3n) is 2.38. The zero-order valence-electron chi connectivity index (χ0n) is 9.48. The largest absolute Gasteiger partial charge is 0.492 e. The van der Waals surface area contributed by atoms with E-state index < -0.39 is 22.9 Å². The first kappa shape index (κ1) is 12.0. The second-order valence-corrected chi connectivity index (χ2v) is 3.75. The molecular weight excluding hydrogens is 241 g/mol. The molecule has 0 saturated heterocycles. The summed E-state index contributed by atoms with van der Waals surface area (Å²) in [7, 11) is 0. The van der Waals surface area contributed by atoms with Crippen LogP contribution in [0.15, 0.2) is 27.8 Å². The highest BCUT2D eigenvalue weighted by atomic mass is 19.1. The van der Waals surface area contributed by atoms with Crippen LogP contribution >= 0.6 is 0 Å². The molecule has 2 N–H and O–H groups in total. The summed E-state index contributed by atoms with van der Waals surface area (Å²) in [5.74, 6) is -2.38. The average molecular weight is 251 g/mol. The van der Waals surface area contributed by atoms with Crippen molar-refractivity contribution >= 4 is 0 Å². The van der Waals surface area contributed by atoms with Crippen LogP contribution in [0.5, 0.6) is 5.88 Å². The fraction of sp³-hybridized carbons (Fsp3) is 0.182. The van der Waals surface area contributed by atoms with Gasteiger partial charge in [-0.25, -0.2) is 4.79 Å². The van der Waals surface area contributed by atoms with Crippen molar-refractivity contribution in [1.29, 1.82) is 0 Å². The topological polar surface area (TPSA) is 88.0 Å². The number of nitrogens with zero attached hydrogens (tertiary/aromatic N) is 2. The number of H-pyrrole nitrogens is 1. The number of pyridine rings is 1. The van der Waals surface area contributed by atoms with Gasteiger partial charge in [0.1, 0.15) is 0 Å². The number of aromatic nitrogens is 3. The Morgan fingerprint density at radius 3 is 2.83 bits per heavy atom. The molecule has 0 spiro atoms. The zero-order chi connectivity index (χ0) is 13.3. The van der Waals surface area contributed by atoms with Crippen LogP contribution in [0, 0.1) is 12.7 Å². The molecule has 0 aliphatic heterocycles. The Hall–Kier alpha value is -2.44. The first-order chi connectivity index (χ1) is 8.49. The van der Waals surface area contributed by atoms with Crippen LogP contribution in [0.3, 0.4) is 0 Å². The fourth-order valence-electron chi connectivity index (χ4n) is 1.53. The third kappa shape index (κ3) is 2.15. The lowest BCUT2D eigenvalue weighted by molar-refractivity contribution is 0.366. The van der Waals surface area contributed by atoms with Gasteiger partial charge in [-0.05, 0) is 19.1 Å². The van der Waals surface area contributed by atoms with Crippen LogP contribution in [-0.2, 0) is 6.54 Å². The second-order valence-electron chi connectivity index (χ2n) is 3.75. The van der Waals surface area contributed by atoms with Gasteiger partial charge in [-0.15, -0.1) is 0 Å². The van der Waals surface area contributed by atoms with Gasteiger partial charge in [0.25, 0.3) is 5.56 Å². The van der Waals surface area contributed by atoms with Crippen molar-refractivity contribution < 1.29 is 9.50 Å². The molecule has 94 valence electrons. The molecule has 0 aliphatic rings. The van der Waals surface area contributed by atoms with Crippen LogP contribution in [0.2, 0.25) is 0 Å². The monoisotopic (exact) mass is 251 g/mol. The number of aromatic amines is 1. The quantitative estimate of drug-likeness (QED) is 0.794. The van der Waals surface area contributed by atoms with Crippen molar-refractivity contribution in [1.82, 2.24) is 14.5 Å². The Labute approximate surface area is 100 Å². The Kier molecular flexibility index (Phi) is 2.97. The smallest absolute Gasteiger partial charge is 0.331 e. The first-order valence-electron chi connectivity index (χ1n) is 5.13. The van der Waals surface area contributed by atoms with Gasteiger partial charge < -0.3 is 5.11 Å². The number of aromatic hydroxyl groups is 1. The summed E-state index contributed by atoms with van der Waals surface area (Å²) in [6, 6.07) is 5.11. The predicted octanol–water partition coefficient (Wildman–Crippen LogP) is 0.133. The van der Waals surface area contributed by atoms with Crippen LogP contribution < -0.4 is 11.2 Å². The molecule has 2 rings (SSSR count). The van der Waals surface area contributed by atoms with E-state index in [0.29, 0.717) is 10.3 Å². The highest BCUT2D eigenvalue weighted by molar-refractivity contribution is 5.14. The summed E-state index contributed by atoms with van der Waals surface area (Å²) in [5, 5.41) is 9.43. The molecule has 2 aromatic heterocycles. The molecule has 0 aliphatic carbocycles. The van der Waals surface area contributed by atoms with Crippen molar-refractivity contribution in [3.05, 3.63) is 56.2 Å². The summed E-state index contributed by atoms with van der Waals surface area (Å²) >= 11 is 0. The van der Waals surface area contributed by atoms with E-state index in [1.165, 1.54) is 0 Å². The maximum atomic E-state index is 13.2. The van der Waals surface area contributed by atoms with Gasteiger partial charge in [0, 0.05) is 5.69 Å². The molecule has 0 saturated carbocycles. The summed E-state index contributed by atoms with van der Waals surface area (Å²) in [5.41, 5.74) is -0.933. The molecule has 0 amide bonds. The molecule has 2 aromatic rings. The summed E-state index contributed by atoms with van der Waals surface area (Å²) in [6.45, 7) is 1.64. The molecule has 6 nitrogen and oxygen atoms in total. The van der Waals surface area contributed by atoms with E-state index >= 15 is 0 Å². The highest BCUT2D eigenvalue weighted by Gasteiger charge is 2.14. The highest BCUT2D eigenvalue weighted by Crippen LogP contribution is 2.09. The lowest BCUT2D eigenvalue weighted by atomic mass is 10.3. The molecule has 0 radical (unpaired) electrons. The van der Waals surface area contributed by atoms with Crippen molar-refractivity contribution in [2.45, 2.75) is 13.5 Å². The normalized spacial score (nSPS) is 10.6. The van der Waals surface area contributed by atoms with E-state index in [1.807, 2.05) is 0 Å². The summed E-state index contributed by atoms with van der Waals surface area (Å²) < 4.78 is 13.9. The van der Waals surface area contributed by atoms with Crippen LogP contribution in [0.25, 0.3) is 0 Å². The molecule has 0 fully saturated rings. The first-order valence-corrected chi connectivity index (χ1v) is 5.13. The van der Waals surface area contributed by atoms with Crippen LogP contribution in [-0.4, -0.2) is 19.6 Å². The maximum Gasteiger partial charge on any atom is 0.331 e. The summed E-state index contributed by atoms with van der Waals surface area (Å²) in [4.78, 5) is 28.2. The SMILES string of the molecule is Cc1cccc(Cn2c(O)c(F)c(=O)[nH]c2=O)n1. The minimum Gasteiger partial charge on any atom is -0.492 e. The molecule has 0 atom stereocenters. The van der Waals surface area contributed by atoms with Gasteiger partial charge >= 0.3 is 5.69 Å². The van der Waals surface area contributed by atoms with Gasteiger partial charge in [-0.1, -0.05) is 6.07 Å². The van der Waals surface area contributed by atoms with Crippen LogP contribution in [0.1, 0.15) is 11.4 Å². The standard InChI is InChI=1S/C11H10FN3O3/c1-6-3-2-4-7(13-6)5-15-10(17)8(12)9(16)14-11(15)18/h2-4,17H,5H2,1H3,(H,14,16,18). The predicted molar refractivity (Wildman–Crippen MR) is 61.0 cm³/mol. The average Bonchev–Trinajstić information content (AvgIpc) is 2.32. The number of aryl methyl sites for hydroxylation is 1. The molecule has 0 unspecified atom stereocenters. The van der Waals surface area contributed by atoms with Crippen molar-refractivity contribution in [3.63, 3.8) is 0 Å². The van der Waals surface area contributed by atoms with Crippen LogP contribution in [0.4, 0.5) is 4.39 Å². The van der Waals surface area contributed by atoms with Gasteiger partial charge in [-0.3, -0.25) is 19.3 Å². The van der Waals surface area contributed by atoms with Gasteiger partial charge in [0.05, 0.1) is 12.2 Å². The Morgan fingerprint density at radius 2 is 2.17 bits per heavy atom. The van der Waals surface area contributed by atoms with E-state index in [-0.39, 0.29) is 6.54 Å². The lowest BCUT2D eigenvalue weighted by Gasteiger charge is -2.07. The molecule has 18 heavy (non-hydrogen) atoms. The number of nitrogens with one attached hydrogen (secondary N) is 1. The van der Waals surface area contributed by atoms with E-state index in [2.05, 4.69) is 4.98 Å². The zero-order valence-corrected chi connectivity index (χ0v) is 9.48. The van der Waals surface area contributed by atoms with E-state index in [4.69, 9.17) is 0 Å². The third-order valence-corrected chi connectivity index (χ3v) is 2.38. The van der Waals surface area contributed by atoms with Crippen molar-refractivity contribution in [3.8, 4) is 5.88 Å². The Bertz CT molecular complexity index is 705. The van der Waals surface area contributed by atoms with Gasteiger partial charge in [0.2, 0.25) is 11.7 Å². The minimum atomic E-state index is -1.39. The van der Waals surface area contributed by atoms with E-state index in [9.17, 15) is 19.1 Å². The van der Waals surface area contributed by atoms with Gasteiger partial charge in [-0.2, -0.15) is 4.39 Å². The lowest BCUT2D eigenvalue weighted by Crippen LogP contribution is -2.32. The number of rotatable bonds is 2. The number of hydrogen-bond donors (Lipinski definition) is 2. The molecule has 0 bridgehead atoms. The Morgan fingerprint density at radius 1 is 1.44 bits per heavy atom. The fourth-order valence-corrected chi connectivity index (χ4v) is 1.53. The molecule has 7 heteroatoms. The molecular formula is C11H10FN3O3. The Balaban J connectivity index is 2.50. The molecule has 2 heterocycles. The maximum absolute atomic E-state index is 13.2. The number of halogens is 1. The van der Waals surface area contributed by atoms with Crippen molar-refractivity contribution in [2.75, 3.05) is 0 Å².